The predicted octanol–water partition coefficient (Wildman–Crippen LogP) is 1.66. The molecule has 100 valence electrons. The van der Waals surface area contributed by atoms with Crippen molar-refractivity contribution in [3.05, 3.63) is 47.7 Å². The van der Waals surface area contributed by atoms with Crippen LogP contribution in [0.4, 0.5) is 5.82 Å². The van der Waals surface area contributed by atoms with Gasteiger partial charge in [0.25, 0.3) is 5.91 Å². The van der Waals surface area contributed by atoms with Crippen LogP contribution in [0.5, 0.6) is 11.5 Å². The van der Waals surface area contributed by atoms with Crippen molar-refractivity contribution in [2.24, 2.45) is 0 Å². The highest BCUT2D eigenvalue weighted by atomic mass is 16.7. The van der Waals surface area contributed by atoms with Crippen molar-refractivity contribution in [1.29, 1.82) is 0 Å². The lowest BCUT2D eigenvalue weighted by molar-refractivity contribution is 0.0934. The van der Waals surface area contributed by atoms with Gasteiger partial charge in [0, 0.05) is 11.8 Å². The van der Waals surface area contributed by atoms with Crippen LogP contribution in [0.1, 0.15) is 22.1 Å². The lowest BCUT2D eigenvalue weighted by atomic mass is 10.1. The number of benzene rings is 1. The molecule has 0 aliphatic carbocycles. The van der Waals surface area contributed by atoms with Crippen LogP contribution in [0.3, 0.4) is 0 Å². The first-order valence-corrected chi connectivity index (χ1v) is 6.24. The quantitative estimate of drug-likeness (QED) is 0.823. The molecule has 1 aromatic carbocycles. The molecule has 0 saturated heterocycles. The third-order valence-corrected chi connectivity index (χ3v) is 3.35. The molecule has 0 spiro atoms. The molecule has 0 radical (unpaired) electrons. The minimum atomic E-state index is -0.387. The summed E-state index contributed by atoms with van der Waals surface area (Å²) >= 11 is 0. The average Bonchev–Trinajstić information content (AvgIpc) is 2.95. The van der Waals surface area contributed by atoms with Crippen LogP contribution in [0.25, 0.3) is 0 Å². The Kier molecular flexibility index (Phi) is 2.29. The number of carbonyl (C=O) groups is 1. The van der Waals surface area contributed by atoms with Crippen molar-refractivity contribution in [2.75, 3.05) is 12.1 Å². The van der Waals surface area contributed by atoms with Crippen LogP contribution in [0.15, 0.2) is 36.5 Å². The van der Waals surface area contributed by atoms with E-state index in [4.69, 9.17) is 9.47 Å². The van der Waals surface area contributed by atoms with Crippen molar-refractivity contribution in [2.45, 2.75) is 6.17 Å². The molecule has 4 rings (SSSR count). The fourth-order valence-corrected chi connectivity index (χ4v) is 2.42. The molecule has 1 atom stereocenters. The first-order chi connectivity index (χ1) is 9.83. The van der Waals surface area contributed by atoms with Gasteiger partial charge in [0.2, 0.25) is 6.79 Å². The van der Waals surface area contributed by atoms with Gasteiger partial charge in [-0.1, -0.05) is 12.1 Å². The van der Waals surface area contributed by atoms with Gasteiger partial charge in [0.1, 0.15) is 12.0 Å². The summed E-state index contributed by atoms with van der Waals surface area (Å²) in [5.41, 5.74) is 1.36. The smallest absolute Gasteiger partial charge is 0.256 e. The largest absolute Gasteiger partial charge is 0.454 e. The zero-order valence-corrected chi connectivity index (χ0v) is 10.4. The minimum Gasteiger partial charge on any atom is -0.454 e. The van der Waals surface area contributed by atoms with Crippen LogP contribution >= 0.6 is 0 Å². The summed E-state index contributed by atoms with van der Waals surface area (Å²) < 4.78 is 10.8. The maximum absolute atomic E-state index is 12.1. The Hall–Kier alpha value is -2.76. The van der Waals surface area contributed by atoms with Gasteiger partial charge in [-0.15, -0.1) is 0 Å². The summed E-state index contributed by atoms with van der Waals surface area (Å²) in [6.07, 6.45) is 1.26. The highest BCUT2D eigenvalue weighted by molar-refractivity contribution is 6.00. The van der Waals surface area contributed by atoms with Crippen molar-refractivity contribution in [1.82, 2.24) is 10.3 Å². The zero-order valence-electron chi connectivity index (χ0n) is 10.4. The third kappa shape index (κ3) is 1.58. The molecular formula is C14H11N3O3. The third-order valence-electron chi connectivity index (χ3n) is 3.35. The molecule has 2 aliphatic rings. The number of aromatic nitrogens is 1. The summed E-state index contributed by atoms with van der Waals surface area (Å²) in [4.78, 5) is 16.3. The molecule has 0 fully saturated rings. The second-order valence-electron chi connectivity index (χ2n) is 4.53. The monoisotopic (exact) mass is 269 g/mol. The molecule has 20 heavy (non-hydrogen) atoms. The SMILES string of the molecule is O=C1N[C@H](c2cccc3c2OCO3)Nc2ncccc21. The van der Waals surface area contributed by atoms with Gasteiger partial charge in [0.05, 0.1) is 5.56 Å². The second kappa shape index (κ2) is 4.12. The summed E-state index contributed by atoms with van der Waals surface area (Å²) in [7, 11) is 0. The number of para-hydroxylation sites is 1. The number of carbonyl (C=O) groups excluding carboxylic acids is 1. The summed E-state index contributed by atoms with van der Waals surface area (Å²) in [5, 5.41) is 6.09. The van der Waals surface area contributed by atoms with E-state index in [2.05, 4.69) is 15.6 Å². The van der Waals surface area contributed by atoms with E-state index in [1.807, 2.05) is 18.2 Å². The molecule has 0 bridgehead atoms. The van der Waals surface area contributed by atoms with Gasteiger partial charge in [-0.3, -0.25) is 4.79 Å². The average molecular weight is 269 g/mol. The van der Waals surface area contributed by atoms with Gasteiger partial charge < -0.3 is 20.1 Å². The molecule has 2 N–H and O–H groups in total. The Morgan fingerprint density at radius 3 is 3.05 bits per heavy atom. The summed E-state index contributed by atoms with van der Waals surface area (Å²) in [6, 6.07) is 9.06. The molecule has 0 unspecified atom stereocenters. The minimum absolute atomic E-state index is 0.159. The van der Waals surface area contributed by atoms with Crippen molar-refractivity contribution < 1.29 is 14.3 Å². The number of hydrogen-bond acceptors (Lipinski definition) is 5. The molecule has 0 saturated carbocycles. The van der Waals surface area contributed by atoms with Crippen LogP contribution in [-0.2, 0) is 0 Å². The molecule has 1 aromatic heterocycles. The molecule has 2 aliphatic heterocycles. The van der Waals surface area contributed by atoms with Gasteiger partial charge in [-0.2, -0.15) is 0 Å². The summed E-state index contributed by atoms with van der Waals surface area (Å²) in [5.74, 6) is 1.75. The lowest BCUT2D eigenvalue weighted by Gasteiger charge is -2.27. The van der Waals surface area contributed by atoms with E-state index >= 15 is 0 Å². The number of anilines is 1. The van der Waals surface area contributed by atoms with Crippen molar-refractivity contribution in [3.8, 4) is 11.5 Å². The predicted molar refractivity (Wildman–Crippen MR) is 70.6 cm³/mol. The standard InChI is InChI=1S/C14H11N3O3/c18-14-9-4-2-6-15-12(9)16-13(17-14)8-3-1-5-10-11(8)20-7-19-10/h1-6,13H,7H2,(H,15,16)(H,17,18)/t13-/m1/s1. The van der Waals surface area contributed by atoms with Crippen molar-refractivity contribution in [3.63, 3.8) is 0 Å². The maximum atomic E-state index is 12.1. The van der Waals surface area contributed by atoms with E-state index in [0.717, 1.165) is 5.56 Å². The Labute approximate surface area is 114 Å². The first kappa shape index (κ1) is 11.1. The number of fused-ring (bicyclic) bond motifs is 2. The van der Waals surface area contributed by atoms with Gasteiger partial charge in [-0.05, 0) is 18.2 Å². The number of amides is 1. The van der Waals surface area contributed by atoms with Gasteiger partial charge in [-0.25, -0.2) is 4.98 Å². The van der Waals surface area contributed by atoms with E-state index in [9.17, 15) is 4.79 Å². The molecule has 1 amide bonds. The lowest BCUT2D eigenvalue weighted by Crippen LogP contribution is -2.39. The first-order valence-electron chi connectivity index (χ1n) is 6.24. The Morgan fingerprint density at radius 2 is 2.10 bits per heavy atom. The fraction of sp³-hybridized carbons (Fsp3) is 0.143. The highest BCUT2D eigenvalue weighted by Gasteiger charge is 2.29. The molecule has 2 aromatic rings. The normalized spacial score (nSPS) is 19.0. The number of hydrogen-bond donors (Lipinski definition) is 2. The second-order valence-corrected chi connectivity index (χ2v) is 4.53. The Morgan fingerprint density at radius 1 is 1.15 bits per heavy atom. The number of ether oxygens (including phenoxy) is 2. The van der Waals surface area contributed by atoms with Crippen LogP contribution in [0, 0.1) is 0 Å². The maximum Gasteiger partial charge on any atom is 0.256 e. The van der Waals surface area contributed by atoms with Gasteiger partial charge >= 0.3 is 0 Å². The molecular weight excluding hydrogens is 258 g/mol. The zero-order chi connectivity index (χ0) is 13.5. The van der Waals surface area contributed by atoms with E-state index in [1.165, 1.54) is 0 Å². The topological polar surface area (TPSA) is 72.5 Å². The van der Waals surface area contributed by atoms with E-state index in [1.54, 1.807) is 18.3 Å². The van der Waals surface area contributed by atoms with Crippen LogP contribution in [0.2, 0.25) is 0 Å². The van der Waals surface area contributed by atoms with Crippen LogP contribution in [-0.4, -0.2) is 17.7 Å². The Bertz CT molecular complexity index is 702. The fourth-order valence-electron chi connectivity index (χ4n) is 2.42. The Balaban J connectivity index is 1.76. The number of nitrogens with zero attached hydrogens (tertiary/aromatic N) is 1. The molecule has 6 heteroatoms. The number of rotatable bonds is 1. The van der Waals surface area contributed by atoms with Crippen LogP contribution < -0.4 is 20.1 Å². The van der Waals surface area contributed by atoms with E-state index in [0.29, 0.717) is 22.9 Å². The number of nitrogens with one attached hydrogen (secondary N) is 2. The van der Waals surface area contributed by atoms with E-state index < -0.39 is 0 Å². The number of pyridine rings is 1. The molecule has 6 nitrogen and oxygen atoms in total. The molecule has 3 heterocycles. The van der Waals surface area contributed by atoms with Crippen molar-refractivity contribution >= 4 is 11.7 Å². The van der Waals surface area contributed by atoms with Gasteiger partial charge in [0.15, 0.2) is 11.5 Å². The summed E-state index contributed by atoms with van der Waals surface area (Å²) in [6.45, 7) is 0.196. The van der Waals surface area contributed by atoms with E-state index in [-0.39, 0.29) is 18.9 Å². The highest BCUT2D eigenvalue weighted by Crippen LogP contribution is 2.39.